The molecule has 7 heteroatoms. The number of carbonyl (C=O) groups excluding carboxylic acids is 2. The van der Waals surface area contributed by atoms with E-state index < -0.39 is 17.6 Å². The van der Waals surface area contributed by atoms with Gasteiger partial charge >= 0.3 is 6.18 Å². The second-order valence-corrected chi connectivity index (χ2v) is 8.46. The molecule has 1 heterocycles. The molecule has 30 heavy (non-hydrogen) atoms. The highest BCUT2D eigenvalue weighted by Gasteiger charge is 2.36. The molecule has 0 N–H and O–H groups in total. The van der Waals surface area contributed by atoms with Gasteiger partial charge in [0.2, 0.25) is 0 Å². The maximum absolute atomic E-state index is 13.2. The molecule has 1 aliphatic heterocycles. The fraction of sp³-hybridized carbons (Fsp3) is 0.391. The van der Waals surface area contributed by atoms with E-state index in [1.807, 2.05) is 12.1 Å². The van der Waals surface area contributed by atoms with Gasteiger partial charge in [0.25, 0.3) is 11.8 Å². The van der Waals surface area contributed by atoms with Gasteiger partial charge in [0.15, 0.2) is 0 Å². The summed E-state index contributed by atoms with van der Waals surface area (Å²) in [6.45, 7) is 7.22. The van der Waals surface area contributed by atoms with Crippen LogP contribution in [-0.2, 0) is 11.6 Å². The molecule has 0 aromatic heterocycles. The van der Waals surface area contributed by atoms with Crippen molar-refractivity contribution >= 4 is 11.8 Å². The normalized spacial score (nSPS) is 15.3. The number of hydrogen-bond acceptors (Lipinski definition) is 2. The van der Waals surface area contributed by atoms with Gasteiger partial charge in [0.05, 0.1) is 11.1 Å². The number of alkyl halides is 3. The van der Waals surface area contributed by atoms with Crippen LogP contribution in [-0.4, -0.2) is 47.8 Å². The summed E-state index contributed by atoms with van der Waals surface area (Å²) in [6.07, 6.45) is -4.59. The first-order chi connectivity index (χ1) is 14.0. The Morgan fingerprint density at radius 2 is 1.27 bits per heavy atom. The molecule has 0 unspecified atom stereocenters. The first kappa shape index (κ1) is 21.9. The van der Waals surface area contributed by atoms with E-state index in [1.165, 1.54) is 23.1 Å². The first-order valence-corrected chi connectivity index (χ1v) is 9.84. The summed E-state index contributed by atoms with van der Waals surface area (Å²) >= 11 is 0. The van der Waals surface area contributed by atoms with Crippen molar-refractivity contribution in [1.29, 1.82) is 0 Å². The zero-order valence-corrected chi connectivity index (χ0v) is 17.3. The lowest BCUT2D eigenvalue weighted by molar-refractivity contribution is -0.138. The van der Waals surface area contributed by atoms with Crippen LogP contribution in [0.4, 0.5) is 13.2 Å². The lowest BCUT2D eigenvalue weighted by atomic mass is 9.86. The Labute approximate surface area is 174 Å². The Bertz CT molecular complexity index is 923. The van der Waals surface area contributed by atoms with Crippen LogP contribution in [0.3, 0.4) is 0 Å². The highest BCUT2D eigenvalue weighted by Crippen LogP contribution is 2.32. The summed E-state index contributed by atoms with van der Waals surface area (Å²) in [4.78, 5) is 28.4. The van der Waals surface area contributed by atoms with Gasteiger partial charge in [0.1, 0.15) is 0 Å². The highest BCUT2D eigenvalue weighted by molar-refractivity contribution is 5.97. The predicted molar refractivity (Wildman–Crippen MR) is 108 cm³/mol. The lowest BCUT2D eigenvalue weighted by Crippen LogP contribution is -2.50. The molecule has 0 bridgehead atoms. The molecule has 0 saturated carbocycles. The van der Waals surface area contributed by atoms with Gasteiger partial charge in [-0.1, -0.05) is 45.0 Å². The lowest BCUT2D eigenvalue weighted by Gasteiger charge is -2.35. The molecule has 2 aromatic carbocycles. The van der Waals surface area contributed by atoms with Crippen LogP contribution in [0.25, 0.3) is 0 Å². The number of piperazine rings is 1. The molecular weight excluding hydrogens is 393 g/mol. The molecule has 2 aromatic rings. The van der Waals surface area contributed by atoms with Crippen LogP contribution < -0.4 is 0 Å². The molecule has 160 valence electrons. The Hall–Kier alpha value is -2.83. The summed E-state index contributed by atoms with van der Waals surface area (Å²) in [5, 5.41) is 0. The van der Waals surface area contributed by atoms with Crippen molar-refractivity contribution < 1.29 is 22.8 Å². The van der Waals surface area contributed by atoms with Gasteiger partial charge in [-0.05, 0) is 35.2 Å². The van der Waals surface area contributed by atoms with Gasteiger partial charge in [-0.15, -0.1) is 0 Å². The van der Waals surface area contributed by atoms with Gasteiger partial charge < -0.3 is 9.80 Å². The van der Waals surface area contributed by atoms with E-state index in [2.05, 4.69) is 20.8 Å². The van der Waals surface area contributed by atoms with E-state index in [-0.39, 0.29) is 43.1 Å². The molecule has 0 radical (unpaired) electrons. The van der Waals surface area contributed by atoms with Crippen LogP contribution in [0.15, 0.2) is 48.5 Å². The smallest absolute Gasteiger partial charge is 0.335 e. The number of rotatable bonds is 2. The van der Waals surface area contributed by atoms with E-state index in [4.69, 9.17) is 0 Å². The molecule has 1 aliphatic rings. The van der Waals surface area contributed by atoms with E-state index >= 15 is 0 Å². The van der Waals surface area contributed by atoms with Gasteiger partial charge in [-0.2, -0.15) is 13.2 Å². The van der Waals surface area contributed by atoms with E-state index in [9.17, 15) is 22.8 Å². The zero-order chi connectivity index (χ0) is 22.1. The fourth-order valence-electron chi connectivity index (χ4n) is 3.50. The molecule has 4 nitrogen and oxygen atoms in total. The molecule has 2 amide bonds. The Balaban J connectivity index is 1.66. The summed E-state index contributed by atoms with van der Waals surface area (Å²) in [5.41, 5.74) is 0.373. The third kappa shape index (κ3) is 4.66. The number of amides is 2. The zero-order valence-electron chi connectivity index (χ0n) is 17.3. The largest absolute Gasteiger partial charge is 0.417 e. The Kier molecular flexibility index (Phi) is 5.92. The third-order valence-corrected chi connectivity index (χ3v) is 5.31. The van der Waals surface area contributed by atoms with Crippen molar-refractivity contribution in [2.75, 3.05) is 26.2 Å². The first-order valence-electron chi connectivity index (χ1n) is 9.84. The maximum atomic E-state index is 13.2. The SMILES string of the molecule is CC(C)(C)c1ccc(C(=O)N2CCN(C(=O)c3ccccc3C(F)(F)F)CC2)cc1. The molecule has 1 fully saturated rings. The highest BCUT2D eigenvalue weighted by atomic mass is 19.4. The summed E-state index contributed by atoms with van der Waals surface area (Å²) < 4.78 is 39.6. The quantitative estimate of drug-likeness (QED) is 0.715. The molecule has 0 spiro atoms. The van der Waals surface area contributed by atoms with Gasteiger partial charge in [0, 0.05) is 31.7 Å². The number of hydrogen-bond donors (Lipinski definition) is 0. The van der Waals surface area contributed by atoms with Crippen molar-refractivity contribution in [3.8, 4) is 0 Å². The maximum Gasteiger partial charge on any atom is 0.417 e. The van der Waals surface area contributed by atoms with E-state index in [0.717, 1.165) is 11.6 Å². The third-order valence-electron chi connectivity index (χ3n) is 5.31. The van der Waals surface area contributed by atoms with E-state index in [0.29, 0.717) is 5.56 Å². The second-order valence-electron chi connectivity index (χ2n) is 8.46. The second kappa shape index (κ2) is 8.13. The molecule has 3 rings (SSSR count). The van der Waals surface area contributed by atoms with Crippen molar-refractivity contribution in [2.24, 2.45) is 0 Å². The van der Waals surface area contributed by atoms with Crippen molar-refractivity contribution in [3.05, 3.63) is 70.8 Å². The van der Waals surface area contributed by atoms with Gasteiger partial charge in [-0.25, -0.2) is 0 Å². The van der Waals surface area contributed by atoms with Crippen LogP contribution in [0.2, 0.25) is 0 Å². The molecular formula is C23H25F3N2O2. The standard InChI is InChI=1S/C23H25F3N2O2/c1-22(2,3)17-10-8-16(9-11-17)20(29)27-12-14-28(15-13-27)21(30)18-6-4-5-7-19(18)23(24,25)26/h4-11H,12-15H2,1-3H3. The van der Waals surface area contributed by atoms with Crippen molar-refractivity contribution in [1.82, 2.24) is 9.80 Å². The fourth-order valence-corrected chi connectivity index (χ4v) is 3.50. The summed E-state index contributed by atoms with van der Waals surface area (Å²) in [7, 11) is 0. The van der Waals surface area contributed by atoms with Gasteiger partial charge in [-0.3, -0.25) is 9.59 Å². The molecule has 1 saturated heterocycles. The van der Waals surface area contributed by atoms with E-state index in [1.54, 1.807) is 17.0 Å². The minimum absolute atomic E-state index is 0.0136. The minimum Gasteiger partial charge on any atom is -0.335 e. The van der Waals surface area contributed by atoms with Crippen LogP contribution in [0, 0.1) is 0 Å². The Morgan fingerprint density at radius 1 is 0.767 bits per heavy atom. The monoisotopic (exact) mass is 418 g/mol. The number of carbonyl (C=O) groups is 2. The summed E-state index contributed by atoms with van der Waals surface area (Å²) in [6, 6.07) is 12.2. The molecule has 0 atom stereocenters. The Morgan fingerprint density at radius 3 is 1.77 bits per heavy atom. The number of nitrogens with zero attached hydrogens (tertiary/aromatic N) is 2. The number of halogens is 3. The van der Waals surface area contributed by atoms with Crippen LogP contribution in [0.1, 0.15) is 52.6 Å². The van der Waals surface area contributed by atoms with Crippen LogP contribution in [0.5, 0.6) is 0 Å². The predicted octanol–water partition coefficient (Wildman–Crippen LogP) is 4.60. The van der Waals surface area contributed by atoms with Crippen LogP contribution >= 0.6 is 0 Å². The van der Waals surface area contributed by atoms with Crippen molar-refractivity contribution in [3.63, 3.8) is 0 Å². The molecule has 0 aliphatic carbocycles. The average molecular weight is 418 g/mol. The topological polar surface area (TPSA) is 40.6 Å². The minimum atomic E-state index is -4.59. The summed E-state index contributed by atoms with van der Waals surface area (Å²) in [5.74, 6) is -0.803. The van der Waals surface area contributed by atoms with Crippen molar-refractivity contribution in [2.45, 2.75) is 32.4 Å². The number of benzene rings is 2. The average Bonchev–Trinajstić information content (AvgIpc) is 2.71.